The maximum Gasteiger partial charge on any atom is 0.471 e. The third-order valence-electron chi connectivity index (χ3n) is 20.8. The van der Waals surface area contributed by atoms with Crippen LogP contribution in [0.15, 0.2) is 109 Å². The lowest BCUT2D eigenvalue weighted by atomic mass is 9.87. The fraction of sp³-hybridized carbons (Fsp3) is 0.471. The highest BCUT2D eigenvalue weighted by Gasteiger charge is 2.72. The highest BCUT2D eigenvalue weighted by Crippen LogP contribution is 2.58. The first-order valence-corrected chi connectivity index (χ1v) is 32.4. The number of nitrogens with zero attached hydrogens (tertiary/aromatic N) is 10. The van der Waals surface area contributed by atoms with Gasteiger partial charge in [-0.05, 0) is 82.3 Å². The van der Waals surface area contributed by atoms with Crippen LogP contribution in [-0.2, 0) is 36.9 Å². The first-order chi connectivity index (χ1) is 45.2. The number of carbonyl (C=O) groups is 5. The largest absolute Gasteiger partial charge is 0.495 e. The normalized spacial score (nSPS) is 24.9. The molecule has 6 aromatic carbocycles. The van der Waals surface area contributed by atoms with Crippen molar-refractivity contribution in [3.63, 3.8) is 0 Å². The van der Waals surface area contributed by atoms with E-state index in [9.17, 15) is 37.1 Å². The number of carbonyl (C=O) groups excluding carboxylic acids is 5. The van der Waals surface area contributed by atoms with Crippen molar-refractivity contribution in [2.45, 2.75) is 55.3 Å². The van der Waals surface area contributed by atoms with Gasteiger partial charge in [0.15, 0.2) is 0 Å². The predicted octanol–water partition coefficient (Wildman–Crippen LogP) is 7.74. The number of anilines is 4. The number of methoxy groups -OCH3 is 2. The van der Waals surface area contributed by atoms with Crippen LogP contribution in [0, 0.1) is 11.8 Å². The molecular weight excluding hydrogens is 1210 g/mol. The summed E-state index contributed by atoms with van der Waals surface area (Å²) in [6.45, 7) is 10.6. The first kappa shape index (κ1) is 64.4. The van der Waals surface area contributed by atoms with E-state index in [1.54, 1.807) is 18.1 Å². The number of fused-ring (bicyclic) bond motifs is 2. The van der Waals surface area contributed by atoms with E-state index in [0.29, 0.717) is 95.7 Å². The van der Waals surface area contributed by atoms with Crippen molar-refractivity contribution < 1.29 is 56.1 Å². The Labute approximate surface area is 545 Å². The monoisotopic (exact) mass is 1290 g/mol. The fourth-order valence-corrected chi connectivity index (χ4v) is 16.4. The summed E-state index contributed by atoms with van der Waals surface area (Å²) in [6.07, 6.45) is -3.72. The molecular formula is C70H83F3N12O9. The molecule has 8 heterocycles. The molecule has 3 N–H and O–H groups in total. The van der Waals surface area contributed by atoms with Gasteiger partial charge in [-0.2, -0.15) is 13.2 Å². The number of hydrogen-bond donors (Lipinski definition) is 2. The molecule has 498 valence electrons. The smallest absolute Gasteiger partial charge is 0.471 e. The summed E-state index contributed by atoms with van der Waals surface area (Å²) in [5, 5.41) is 6.31. The minimum atomic E-state index is -5.06. The Hall–Kier alpha value is -8.26. The van der Waals surface area contributed by atoms with Crippen LogP contribution in [-0.4, -0.2) is 234 Å². The van der Waals surface area contributed by atoms with Crippen LogP contribution in [0.2, 0.25) is 0 Å². The topological polar surface area (TPSA) is 193 Å². The summed E-state index contributed by atoms with van der Waals surface area (Å²) in [7, 11) is 11.0. The molecule has 7 amide bonds. The zero-order valence-corrected chi connectivity index (χ0v) is 54.2. The van der Waals surface area contributed by atoms with Crippen LogP contribution >= 0.6 is 0 Å². The summed E-state index contributed by atoms with van der Waals surface area (Å²) in [5.41, 5.74) is 10.8. The van der Waals surface area contributed by atoms with E-state index in [-0.39, 0.29) is 72.3 Å². The zero-order valence-electron chi connectivity index (χ0n) is 54.2. The molecule has 21 nitrogen and oxygen atoms in total. The summed E-state index contributed by atoms with van der Waals surface area (Å²) < 4.78 is 60.8. The Kier molecular flexibility index (Phi) is 17.7. The maximum absolute atomic E-state index is 14.6. The van der Waals surface area contributed by atoms with Gasteiger partial charge in [0.25, 0.3) is 11.8 Å². The Balaban J connectivity index is 0.000000172. The van der Waals surface area contributed by atoms with Crippen LogP contribution in [0.25, 0.3) is 21.5 Å². The van der Waals surface area contributed by atoms with E-state index < -0.39 is 23.2 Å². The van der Waals surface area contributed by atoms with Gasteiger partial charge in [-0.15, -0.1) is 0 Å². The third kappa shape index (κ3) is 11.5. The van der Waals surface area contributed by atoms with Crippen molar-refractivity contribution in [3.05, 3.63) is 131 Å². The molecule has 0 aliphatic carbocycles. The van der Waals surface area contributed by atoms with E-state index in [1.807, 2.05) is 59.5 Å². The highest BCUT2D eigenvalue weighted by molar-refractivity contribution is 6.10. The molecule has 2 spiro atoms. The standard InChI is InChI=1S/C36H41F3N6O5.C34H42N6O4/c1-41(2)29-10-9-27(25-6-4-5-7-26(25)29)30-19-24-21-43(20-23-8-11-31(49-3)28(18-23)40-32(46)36(37,38)39)22-35(24)33(47)44(34(48)45(30)35)13-12-42-14-16-50-17-15-42;1-36(2)29-10-9-27(25-6-4-5-7-26(25)29)30-19-24-21-38(20-23-8-11-31(43-3)28(35)18-23)22-34(24)32(41)39(33(42)40(30)34)13-12-37-14-16-44-17-15-37/h4-11,18,24,30H,12-17,19-22H2,1-3H3,(H,40,46);4-11,18,24,30H,12-17,19-22,35H2,1-3H3/t24-,30-,35+;24-,30-,34+/m11/s1. The molecule has 0 aromatic heterocycles. The quantitative estimate of drug-likeness (QED) is 0.0665. The summed E-state index contributed by atoms with van der Waals surface area (Å²) in [4.78, 5) is 89.7. The van der Waals surface area contributed by atoms with Gasteiger partial charge in [-0.1, -0.05) is 72.8 Å². The second kappa shape index (κ2) is 25.8. The van der Waals surface area contributed by atoms with E-state index in [0.717, 1.165) is 88.8 Å². The Bertz CT molecular complexity index is 3900. The molecule has 24 heteroatoms. The molecule has 8 aliphatic heterocycles. The molecule has 6 atom stereocenters. The number of hydrogen-bond acceptors (Lipinski definition) is 16. The minimum Gasteiger partial charge on any atom is -0.495 e. The van der Waals surface area contributed by atoms with Crippen LogP contribution < -0.4 is 30.3 Å². The average molecular weight is 1290 g/mol. The van der Waals surface area contributed by atoms with Crippen molar-refractivity contribution in [2.75, 3.05) is 168 Å². The number of imide groups is 2. The number of morpholine rings is 2. The lowest BCUT2D eigenvalue weighted by Crippen LogP contribution is -2.51. The molecule has 8 fully saturated rings. The first-order valence-electron chi connectivity index (χ1n) is 32.4. The summed E-state index contributed by atoms with van der Waals surface area (Å²) in [5.74, 6) is -1.74. The third-order valence-corrected chi connectivity index (χ3v) is 20.8. The van der Waals surface area contributed by atoms with E-state index in [4.69, 9.17) is 24.7 Å². The van der Waals surface area contributed by atoms with Gasteiger partial charge in [-0.3, -0.25) is 43.8 Å². The number of ether oxygens (including phenoxy) is 4. The van der Waals surface area contributed by atoms with Crippen molar-refractivity contribution in [3.8, 4) is 11.5 Å². The van der Waals surface area contributed by atoms with Crippen molar-refractivity contribution in [2.24, 2.45) is 11.8 Å². The Morgan fingerprint density at radius 1 is 0.574 bits per heavy atom. The van der Waals surface area contributed by atoms with Crippen LogP contribution in [0.3, 0.4) is 0 Å². The number of nitrogens with two attached hydrogens (primary N) is 1. The Morgan fingerprint density at radius 3 is 1.41 bits per heavy atom. The minimum absolute atomic E-state index is 0.0280. The molecule has 8 saturated heterocycles. The molecule has 8 aliphatic rings. The van der Waals surface area contributed by atoms with Crippen LogP contribution in [0.1, 0.15) is 47.2 Å². The van der Waals surface area contributed by atoms with E-state index in [2.05, 4.69) is 104 Å². The van der Waals surface area contributed by atoms with E-state index >= 15 is 0 Å². The second-order valence-corrected chi connectivity index (χ2v) is 26.5. The number of benzene rings is 6. The van der Waals surface area contributed by atoms with Crippen LogP contribution in [0.5, 0.6) is 11.5 Å². The molecule has 14 rings (SSSR count). The Morgan fingerprint density at radius 2 is 1.00 bits per heavy atom. The fourth-order valence-electron chi connectivity index (χ4n) is 16.4. The van der Waals surface area contributed by atoms with Crippen molar-refractivity contribution in [1.29, 1.82) is 0 Å². The highest BCUT2D eigenvalue weighted by atomic mass is 19.4. The number of amides is 7. The number of halogens is 3. The number of rotatable bonds is 17. The molecule has 0 bridgehead atoms. The van der Waals surface area contributed by atoms with Crippen LogP contribution in [0.4, 0.5) is 45.5 Å². The lowest BCUT2D eigenvalue weighted by Gasteiger charge is -2.33. The molecule has 6 aromatic rings. The van der Waals surface area contributed by atoms with Gasteiger partial charge >= 0.3 is 24.1 Å². The zero-order chi connectivity index (χ0) is 66.0. The number of urea groups is 2. The van der Waals surface area contributed by atoms with Gasteiger partial charge in [0, 0.05) is 154 Å². The average Bonchev–Trinajstić information content (AvgIpc) is 1.53. The molecule has 0 unspecified atom stereocenters. The van der Waals surface area contributed by atoms with Gasteiger partial charge in [-0.25, -0.2) is 9.59 Å². The summed E-state index contributed by atoms with van der Waals surface area (Å²) >= 11 is 0. The van der Waals surface area contributed by atoms with Gasteiger partial charge < -0.3 is 49.6 Å². The number of likely N-dealkylation sites (tertiary alicyclic amines) is 2. The SMILES string of the molecule is COc1ccc(CN2C[C@H]3C[C@H](c4ccc(N(C)C)c5ccccc45)N4C(=O)N(CCN5CCOCC5)C(=O)[C@]34C2)cc1N.COc1ccc(CN2C[C@H]3C[C@H](c4ccc(N(C)C)c5ccccc45)N4C(=O)N(CCN5CCOCC5)C(=O)[C@]34C2)cc1NC(=O)C(F)(F)F. The lowest BCUT2D eigenvalue weighted by molar-refractivity contribution is -0.167. The molecule has 94 heavy (non-hydrogen) atoms. The number of nitrogen functional groups attached to an aromatic ring is 1. The molecule has 0 radical (unpaired) electrons. The van der Waals surface area contributed by atoms with E-state index in [1.165, 1.54) is 24.1 Å². The van der Waals surface area contributed by atoms with Crippen molar-refractivity contribution in [1.82, 2.24) is 39.2 Å². The van der Waals surface area contributed by atoms with Gasteiger partial charge in [0.2, 0.25) is 0 Å². The second-order valence-electron chi connectivity index (χ2n) is 26.5. The number of nitrogens with one attached hydrogen (secondary N) is 1. The van der Waals surface area contributed by atoms with Gasteiger partial charge in [0.1, 0.15) is 22.6 Å². The molecule has 0 saturated carbocycles. The summed E-state index contributed by atoms with van der Waals surface area (Å²) in [6, 6.07) is 34.6. The number of alkyl halides is 3. The maximum atomic E-state index is 14.6. The predicted molar refractivity (Wildman–Crippen MR) is 352 cm³/mol. The van der Waals surface area contributed by atoms with Crippen molar-refractivity contribution >= 4 is 74.1 Å². The van der Waals surface area contributed by atoms with Gasteiger partial charge in [0.05, 0.1) is 64.1 Å².